The number of rotatable bonds is 4. The summed E-state index contributed by atoms with van der Waals surface area (Å²) in [4.78, 5) is 25.5. The van der Waals surface area contributed by atoms with Crippen LogP contribution in [0.5, 0.6) is 5.75 Å². The Morgan fingerprint density at radius 2 is 1.96 bits per heavy atom. The van der Waals surface area contributed by atoms with E-state index in [-0.39, 0.29) is 12.1 Å². The standard InChI is InChI=1S/C21H18N2O4S/c1-12-13(2)28-21-18(12)20(25)22-19(23-21)14-5-7-16(8-6-14)27-17(24)10-9-15-4-3-11-26-15/h3-11,19,23H,1-2H3,(H,22,25)/b10-9+. The Labute approximate surface area is 165 Å². The number of aryl methyl sites for hydroxylation is 1. The van der Waals surface area contributed by atoms with Crippen LogP contribution >= 0.6 is 11.3 Å². The zero-order valence-corrected chi connectivity index (χ0v) is 16.1. The number of carbonyl (C=O) groups is 2. The topological polar surface area (TPSA) is 80.6 Å². The molecule has 0 bridgehead atoms. The van der Waals surface area contributed by atoms with Crippen LogP contribution in [0.1, 0.15) is 38.3 Å². The van der Waals surface area contributed by atoms with Crippen molar-refractivity contribution in [3.8, 4) is 5.75 Å². The molecule has 1 amide bonds. The quantitative estimate of drug-likeness (QED) is 0.389. The maximum Gasteiger partial charge on any atom is 0.336 e. The van der Waals surface area contributed by atoms with Crippen molar-refractivity contribution in [2.24, 2.45) is 0 Å². The summed E-state index contributed by atoms with van der Waals surface area (Å²) in [6.45, 7) is 3.96. The molecule has 1 atom stereocenters. The molecule has 0 fully saturated rings. The average molecular weight is 394 g/mol. The van der Waals surface area contributed by atoms with Gasteiger partial charge in [0.15, 0.2) is 0 Å². The molecule has 1 aliphatic rings. The maximum absolute atomic E-state index is 12.5. The number of anilines is 1. The van der Waals surface area contributed by atoms with Crippen molar-refractivity contribution in [3.05, 3.63) is 76.1 Å². The number of carbonyl (C=O) groups excluding carboxylic acids is 2. The molecule has 1 aromatic carbocycles. The van der Waals surface area contributed by atoms with E-state index in [2.05, 4.69) is 10.6 Å². The third-order valence-corrected chi connectivity index (χ3v) is 5.66. The van der Waals surface area contributed by atoms with Crippen molar-refractivity contribution in [3.63, 3.8) is 0 Å². The summed E-state index contributed by atoms with van der Waals surface area (Å²) < 4.78 is 10.4. The van der Waals surface area contributed by atoms with E-state index >= 15 is 0 Å². The molecule has 1 unspecified atom stereocenters. The van der Waals surface area contributed by atoms with Gasteiger partial charge in [0.05, 0.1) is 11.8 Å². The fourth-order valence-corrected chi connectivity index (χ4v) is 4.04. The van der Waals surface area contributed by atoms with Gasteiger partial charge in [0.1, 0.15) is 22.7 Å². The molecule has 3 heterocycles. The Kier molecular flexibility index (Phi) is 4.75. The van der Waals surface area contributed by atoms with Crippen molar-refractivity contribution in [1.82, 2.24) is 5.32 Å². The summed E-state index contributed by atoms with van der Waals surface area (Å²) in [6, 6.07) is 10.5. The molecular weight excluding hydrogens is 376 g/mol. The Morgan fingerprint density at radius 3 is 2.68 bits per heavy atom. The van der Waals surface area contributed by atoms with Gasteiger partial charge in [-0.3, -0.25) is 4.79 Å². The zero-order valence-electron chi connectivity index (χ0n) is 15.3. The number of ether oxygens (including phenoxy) is 1. The molecule has 7 heteroatoms. The monoisotopic (exact) mass is 394 g/mol. The lowest BCUT2D eigenvalue weighted by Crippen LogP contribution is -2.38. The van der Waals surface area contributed by atoms with E-state index in [9.17, 15) is 9.59 Å². The van der Waals surface area contributed by atoms with Crippen LogP contribution in [0.25, 0.3) is 6.08 Å². The second kappa shape index (κ2) is 7.36. The second-order valence-corrected chi connectivity index (χ2v) is 7.60. The molecule has 6 nitrogen and oxygen atoms in total. The second-order valence-electron chi connectivity index (χ2n) is 6.38. The lowest BCUT2D eigenvalue weighted by atomic mass is 10.1. The molecule has 3 aromatic rings. The first-order chi connectivity index (χ1) is 13.5. The zero-order chi connectivity index (χ0) is 19.7. The first kappa shape index (κ1) is 18.1. The van der Waals surface area contributed by atoms with Crippen LogP contribution in [0.2, 0.25) is 0 Å². The number of amides is 1. The lowest BCUT2D eigenvalue weighted by Gasteiger charge is -2.26. The van der Waals surface area contributed by atoms with Crippen molar-refractivity contribution in [1.29, 1.82) is 0 Å². The average Bonchev–Trinajstić information content (AvgIpc) is 3.29. The molecule has 0 aliphatic carbocycles. The molecule has 0 saturated carbocycles. The molecule has 142 valence electrons. The molecular formula is C21H18N2O4S. The number of nitrogens with one attached hydrogen (secondary N) is 2. The van der Waals surface area contributed by atoms with Gasteiger partial charge in [-0.2, -0.15) is 0 Å². The minimum Gasteiger partial charge on any atom is -0.465 e. The first-order valence-electron chi connectivity index (χ1n) is 8.72. The normalized spacial score (nSPS) is 15.8. The van der Waals surface area contributed by atoms with Crippen LogP contribution < -0.4 is 15.4 Å². The number of hydrogen-bond donors (Lipinski definition) is 2. The van der Waals surface area contributed by atoms with Gasteiger partial charge >= 0.3 is 5.97 Å². The fourth-order valence-electron chi connectivity index (χ4n) is 2.95. The van der Waals surface area contributed by atoms with Crippen LogP contribution in [0, 0.1) is 13.8 Å². The summed E-state index contributed by atoms with van der Waals surface area (Å²) in [5.74, 6) is 0.412. The summed E-state index contributed by atoms with van der Waals surface area (Å²) in [5, 5.41) is 7.20. The molecule has 0 radical (unpaired) electrons. The van der Waals surface area contributed by atoms with Crippen molar-refractivity contribution in [2.75, 3.05) is 5.32 Å². The van der Waals surface area contributed by atoms with Crippen molar-refractivity contribution < 1.29 is 18.7 Å². The van der Waals surface area contributed by atoms with E-state index in [1.165, 1.54) is 12.3 Å². The highest BCUT2D eigenvalue weighted by Gasteiger charge is 2.28. The molecule has 0 saturated heterocycles. The van der Waals surface area contributed by atoms with Gasteiger partial charge in [-0.1, -0.05) is 12.1 Å². The lowest BCUT2D eigenvalue weighted by molar-refractivity contribution is -0.128. The number of furan rings is 1. The maximum atomic E-state index is 12.5. The summed E-state index contributed by atoms with van der Waals surface area (Å²) in [5.41, 5.74) is 2.59. The highest BCUT2D eigenvalue weighted by molar-refractivity contribution is 7.16. The highest BCUT2D eigenvalue weighted by Crippen LogP contribution is 2.37. The van der Waals surface area contributed by atoms with Gasteiger partial charge in [-0.05, 0) is 55.3 Å². The SMILES string of the molecule is Cc1sc2c(c1C)C(=O)NC(c1ccc(OC(=O)/C=C/c3ccco3)cc1)N2. The van der Waals surface area contributed by atoms with Crippen molar-refractivity contribution in [2.45, 2.75) is 20.0 Å². The largest absolute Gasteiger partial charge is 0.465 e. The van der Waals surface area contributed by atoms with E-state index in [0.717, 1.165) is 21.0 Å². The van der Waals surface area contributed by atoms with E-state index in [1.807, 2.05) is 26.0 Å². The van der Waals surface area contributed by atoms with Gasteiger partial charge in [0, 0.05) is 11.0 Å². The van der Waals surface area contributed by atoms with Gasteiger partial charge < -0.3 is 19.8 Å². The molecule has 1 aliphatic heterocycles. The van der Waals surface area contributed by atoms with Crippen LogP contribution in [-0.4, -0.2) is 11.9 Å². The van der Waals surface area contributed by atoms with E-state index in [0.29, 0.717) is 17.1 Å². The third kappa shape index (κ3) is 3.57. The van der Waals surface area contributed by atoms with Gasteiger partial charge in [-0.15, -0.1) is 11.3 Å². The number of fused-ring (bicyclic) bond motifs is 1. The summed E-state index contributed by atoms with van der Waals surface area (Å²) >= 11 is 1.58. The van der Waals surface area contributed by atoms with Gasteiger partial charge in [0.2, 0.25) is 0 Å². The molecule has 28 heavy (non-hydrogen) atoms. The summed E-state index contributed by atoms with van der Waals surface area (Å²) in [6.07, 6.45) is 4.05. The van der Waals surface area contributed by atoms with E-state index in [4.69, 9.17) is 9.15 Å². The number of thiophene rings is 1. The van der Waals surface area contributed by atoms with E-state index < -0.39 is 5.97 Å². The molecule has 4 rings (SSSR count). The smallest absolute Gasteiger partial charge is 0.336 e. The molecule has 2 N–H and O–H groups in total. The number of esters is 1. The fraction of sp³-hybridized carbons (Fsp3) is 0.143. The Hall–Kier alpha value is -3.32. The Bertz CT molecular complexity index is 1050. The molecule has 2 aromatic heterocycles. The predicted molar refractivity (Wildman–Crippen MR) is 107 cm³/mol. The third-order valence-electron chi connectivity index (χ3n) is 4.52. The van der Waals surface area contributed by atoms with Crippen LogP contribution in [0.15, 0.2) is 53.2 Å². The summed E-state index contributed by atoms with van der Waals surface area (Å²) in [7, 11) is 0. The first-order valence-corrected chi connectivity index (χ1v) is 9.53. The van der Waals surface area contributed by atoms with Crippen LogP contribution in [0.4, 0.5) is 5.00 Å². The minimum absolute atomic E-state index is 0.0841. The minimum atomic E-state index is -0.498. The van der Waals surface area contributed by atoms with Crippen LogP contribution in [0.3, 0.4) is 0 Å². The van der Waals surface area contributed by atoms with Crippen molar-refractivity contribution >= 4 is 34.3 Å². The Balaban J connectivity index is 1.43. The van der Waals surface area contributed by atoms with Crippen LogP contribution in [-0.2, 0) is 4.79 Å². The highest BCUT2D eigenvalue weighted by atomic mass is 32.1. The van der Waals surface area contributed by atoms with E-state index in [1.54, 1.807) is 41.7 Å². The molecule has 0 spiro atoms. The number of benzene rings is 1. The Morgan fingerprint density at radius 1 is 1.18 bits per heavy atom. The number of hydrogen-bond acceptors (Lipinski definition) is 6. The predicted octanol–water partition coefficient (Wildman–Crippen LogP) is 4.43. The van der Waals surface area contributed by atoms with Gasteiger partial charge in [0.25, 0.3) is 5.91 Å². The van der Waals surface area contributed by atoms with Gasteiger partial charge in [-0.25, -0.2) is 4.79 Å².